The molecule has 1 unspecified atom stereocenters. The minimum atomic E-state index is -0.370. The van der Waals surface area contributed by atoms with Crippen LogP contribution in [0.5, 0.6) is 0 Å². The SMILES string of the molecule is CCC(C)c1cc(Br)c(C(=O)OC)cn1. The summed E-state index contributed by atoms with van der Waals surface area (Å²) in [6, 6.07) is 1.88. The Morgan fingerprint density at radius 3 is 2.80 bits per heavy atom. The van der Waals surface area contributed by atoms with E-state index in [0.717, 1.165) is 16.6 Å². The number of halogens is 1. The summed E-state index contributed by atoms with van der Waals surface area (Å²) in [5, 5.41) is 0. The highest BCUT2D eigenvalue weighted by molar-refractivity contribution is 9.10. The quantitative estimate of drug-likeness (QED) is 0.793. The first kappa shape index (κ1) is 12.2. The molecule has 0 aromatic carbocycles. The van der Waals surface area contributed by atoms with Crippen molar-refractivity contribution in [2.75, 3.05) is 7.11 Å². The topological polar surface area (TPSA) is 39.2 Å². The molecule has 0 amide bonds. The molecule has 1 atom stereocenters. The van der Waals surface area contributed by atoms with E-state index < -0.39 is 0 Å². The number of methoxy groups -OCH3 is 1. The van der Waals surface area contributed by atoms with Gasteiger partial charge in [-0.3, -0.25) is 4.98 Å². The Bertz CT molecular complexity index is 366. The number of rotatable bonds is 3. The highest BCUT2D eigenvalue weighted by Crippen LogP contribution is 2.23. The van der Waals surface area contributed by atoms with Gasteiger partial charge in [0.15, 0.2) is 0 Å². The number of esters is 1. The fraction of sp³-hybridized carbons (Fsp3) is 0.455. The van der Waals surface area contributed by atoms with E-state index >= 15 is 0 Å². The van der Waals surface area contributed by atoms with Crippen molar-refractivity contribution in [3.8, 4) is 0 Å². The van der Waals surface area contributed by atoms with E-state index in [1.54, 1.807) is 6.20 Å². The average molecular weight is 272 g/mol. The van der Waals surface area contributed by atoms with E-state index in [-0.39, 0.29) is 5.97 Å². The first-order valence-electron chi connectivity index (χ1n) is 4.83. The molecular weight excluding hydrogens is 258 g/mol. The highest BCUT2D eigenvalue weighted by Gasteiger charge is 2.13. The zero-order chi connectivity index (χ0) is 11.4. The van der Waals surface area contributed by atoms with E-state index in [9.17, 15) is 4.79 Å². The van der Waals surface area contributed by atoms with E-state index in [1.807, 2.05) is 6.07 Å². The van der Waals surface area contributed by atoms with Crippen LogP contribution >= 0.6 is 15.9 Å². The normalized spacial score (nSPS) is 12.3. The zero-order valence-electron chi connectivity index (χ0n) is 9.08. The van der Waals surface area contributed by atoms with Gasteiger partial charge in [-0.2, -0.15) is 0 Å². The second-order valence-corrected chi connectivity index (χ2v) is 4.24. The van der Waals surface area contributed by atoms with Crippen LogP contribution in [0.3, 0.4) is 0 Å². The summed E-state index contributed by atoms with van der Waals surface area (Å²) in [5.74, 6) is 0.0260. The zero-order valence-corrected chi connectivity index (χ0v) is 10.7. The molecule has 0 aliphatic rings. The largest absolute Gasteiger partial charge is 0.465 e. The monoisotopic (exact) mass is 271 g/mol. The summed E-state index contributed by atoms with van der Waals surface area (Å²) in [4.78, 5) is 15.5. The van der Waals surface area contributed by atoms with Crippen molar-refractivity contribution in [2.45, 2.75) is 26.2 Å². The van der Waals surface area contributed by atoms with Crippen LogP contribution in [-0.2, 0) is 4.74 Å². The second kappa shape index (κ2) is 5.26. The molecule has 1 rings (SSSR count). The Hall–Kier alpha value is -0.900. The van der Waals surface area contributed by atoms with Gasteiger partial charge in [-0.15, -0.1) is 0 Å². The lowest BCUT2D eigenvalue weighted by molar-refractivity contribution is 0.0599. The minimum absolute atomic E-state index is 0.370. The molecule has 0 aliphatic heterocycles. The van der Waals surface area contributed by atoms with Crippen molar-refractivity contribution in [1.82, 2.24) is 4.98 Å². The Morgan fingerprint density at radius 1 is 1.67 bits per heavy atom. The smallest absolute Gasteiger partial charge is 0.340 e. The van der Waals surface area contributed by atoms with Gasteiger partial charge < -0.3 is 4.74 Å². The highest BCUT2D eigenvalue weighted by atomic mass is 79.9. The third-order valence-corrected chi connectivity index (χ3v) is 3.05. The van der Waals surface area contributed by atoms with Crippen LogP contribution in [0.2, 0.25) is 0 Å². The molecule has 0 N–H and O–H groups in total. The molecule has 0 radical (unpaired) electrons. The van der Waals surface area contributed by atoms with Gasteiger partial charge in [-0.05, 0) is 34.3 Å². The average Bonchev–Trinajstić information content (AvgIpc) is 2.26. The second-order valence-electron chi connectivity index (χ2n) is 3.39. The Kier molecular flexibility index (Phi) is 4.27. The molecule has 1 aromatic heterocycles. The summed E-state index contributed by atoms with van der Waals surface area (Å²) >= 11 is 3.35. The van der Waals surface area contributed by atoms with Gasteiger partial charge in [-0.25, -0.2) is 4.79 Å². The molecule has 0 fully saturated rings. The lowest BCUT2D eigenvalue weighted by Crippen LogP contribution is -2.05. The number of aromatic nitrogens is 1. The predicted molar refractivity (Wildman–Crippen MR) is 62.0 cm³/mol. The molecule has 82 valence electrons. The van der Waals surface area contributed by atoms with Gasteiger partial charge in [0.1, 0.15) is 0 Å². The van der Waals surface area contributed by atoms with Crippen molar-refractivity contribution in [1.29, 1.82) is 0 Å². The third-order valence-electron chi connectivity index (χ3n) is 2.40. The minimum Gasteiger partial charge on any atom is -0.465 e. The lowest BCUT2D eigenvalue weighted by Gasteiger charge is -2.09. The van der Waals surface area contributed by atoms with Gasteiger partial charge in [-0.1, -0.05) is 13.8 Å². The first-order valence-corrected chi connectivity index (χ1v) is 5.63. The van der Waals surface area contributed by atoms with Gasteiger partial charge in [0.25, 0.3) is 0 Å². The maximum absolute atomic E-state index is 11.3. The van der Waals surface area contributed by atoms with E-state index in [4.69, 9.17) is 0 Å². The Labute approximate surface area is 98.0 Å². The fourth-order valence-electron chi connectivity index (χ4n) is 1.18. The van der Waals surface area contributed by atoms with Crippen LogP contribution in [0.4, 0.5) is 0 Å². The molecule has 3 nitrogen and oxygen atoms in total. The summed E-state index contributed by atoms with van der Waals surface area (Å²) in [7, 11) is 1.36. The number of ether oxygens (including phenoxy) is 1. The Morgan fingerprint density at radius 2 is 2.33 bits per heavy atom. The van der Waals surface area contributed by atoms with Gasteiger partial charge in [0, 0.05) is 16.4 Å². The van der Waals surface area contributed by atoms with E-state index in [1.165, 1.54) is 7.11 Å². The fourth-order valence-corrected chi connectivity index (χ4v) is 1.68. The number of pyridine rings is 1. The number of carbonyl (C=O) groups is 1. The van der Waals surface area contributed by atoms with E-state index in [2.05, 4.69) is 39.5 Å². The van der Waals surface area contributed by atoms with Crippen molar-refractivity contribution >= 4 is 21.9 Å². The number of carbonyl (C=O) groups excluding carboxylic acids is 1. The van der Waals surface area contributed by atoms with Crippen LogP contribution in [0.1, 0.15) is 42.2 Å². The molecule has 0 saturated carbocycles. The Balaban J connectivity index is 3.03. The summed E-state index contributed by atoms with van der Waals surface area (Å²) in [6.07, 6.45) is 2.58. The molecule has 4 heteroatoms. The van der Waals surface area contributed by atoms with Crippen LogP contribution in [0.25, 0.3) is 0 Å². The summed E-state index contributed by atoms with van der Waals surface area (Å²) < 4.78 is 5.37. The first-order chi connectivity index (χ1) is 7.10. The maximum atomic E-state index is 11.3. The molecule has 1 heterocycles. The lowest BCUT2D eigenvalue weighted by atomic mass is 10.0. The predicted octanol–water partition coefficient (Wildman–Crippen LogP) is 3.14. The standard InChI is InChI=1S/C11H14BrNO2/c1-4-7(2)10-5-9(12)8(6-13-10)11(14)15-3/h5-7H,4H2,1-3H3. The number of hydrogen-bond donors (Lipinski definition) is 0. The van der Waals surface area contributed by atoms with Crippen molar-refractivity contribution in [2.24, 2.45) is 0 Å². The molecular formula is C11H14BrNO2. The van der Waals surface area contributed by atoms with Gasteiger partial charge in [0.2, 0.25) is 0 Å². The van der Waals surface area contributed by atoms with E-state index in [0.29, 0.717) is 11.5 Å². The molecule has 15 heavy (non-hydrogen) atoms. The summed E-state index contributed by atoms with van der Waals surface area (Å²) in [6.45, 7) is 4.21. The van der Waals surface area contributed by atoms with Crippen LogP contribution in [0, 0.1) is 0 Å². The van der Waals surface area contributed by atoms with Crippen molar-refractivity contribution < 1.29 is 9.53 Å². The molecule has 0 bridgehead atoms. The van der Waals surface area contributed by atoms with Crippen molar-refractivity contribution in [3.05, 3.63) is 28.0 Å². The van der Waals surface area contributed by atoms with Crippen molar-refractivity contribution in [3.63, 3.8) is 0 Å². The number of hydrogen-bond acceptors (Lipinski definition) is 3. The third kappa shape index (κ3) is 2.78. The maximum Gasteiger partial charge on any atom is 0.340 e. The molecule has 0 aliphatic carbocycles. The van der Waals surface area contributed by atoms with Gasteiger partial charge in [0.05, 0.1) is 12.7 Å². The number of nitrogens with zero attached hydrogens (tertiary/aromatic N) is 1. The summed E-state index contributed by atoms with van der Waals surface area (Å²) in [5.41, 5.74) is 1.45. The van der Waals surface area contributed by atoms with Crippen LogP contribution in [-0.4, -0.2) is 18.1 Å². The molecule has 1 aromatic rings. The molecule has 0 spiro atoms. The van der Waals surface area contributed by atoms with Crippen LogP contribution < -0.4 is 0 Å². The molecule has 0 saturated heterocycles. The van der Waals surface area contributed by atoms with Crippen LogP contribution in [0.15, 0.2) is 16.7 Å². The van der Waals surface area contributed by atoms with Gasteiger partial charge >= 0.3 is 5.97 Å².